The number of benzene rings is 2. The Morgan fingerprint density at radius 2 is 1.72 bits per heavy atom. The van der Waals surface area contributed by atoms with Crippen molar-refractivity contribution in [3.05, 3.63) is 71.6 Å². The first-order valence-corrected chi connectivity index (χ1v) is 24.5. The van der Waals surface area contributed by atoms with Crippen molar-refractivity contribution in [2.75, 3.05) is 19.0 Å². The Morgan fingerprint density at radius 3 is 2.37 bits per heavy atom. The van der Waals surface area contributed by atoms with E-state index in [9.17, 15) is 27.6 Å². The molecule has 3 heterocycles. The summed E-state index contributed by atoms with van der Waals surface area (Å²) in [6, 6.07) is 11.8. The molecule has 1 aliphatic heterocycles. The van der Waals surface area contributed by atoms with E-state index in [0.29, 0.717) is 38.8 Å². The minimum Gasteiger partial charge on any atom is -0.497 e. The molecular formula is C47H56ClN5O10S2. The zero-order valence-electron chi connectivity index (χ0n) is 37.4. The molecule has 2 N–H and O–H groups in total. The van der Waals surface area contributed by atoms with Crippen molar-refractivity contribution in [2.24, 2.45) is 22.7 Å². The van der Waals surface area contributed by atoms with Gasteiger partial charge in [0.1, 0.15) is 35.2 Å². The topological polar surface area (TPSA) is 192 Å². The molecule has 5 atom stereocenters. The summed E-state index contributed by atoms with van der Waals surface area (Å²) in [5.41, 5.74) is -0.486. The number of nitrogens with zero attached hydrogens (tertiary/aromatic N) is 3. The summed E-state index contributed by atoms with van der Waals surface area (Å²) in [6.07, 6.45) is 3.64. The number of anilines is 1. The highest BCUT2D eigenvalue weighted by Gasteiger charge is 2.61. The number of thiazole rings is 1. The maximum atomic E-state index is 15.0. The van der Waals surface area contributed by atoms with E-state index in [1.54, 1.807) is 25.3 Å². The molecule has 2 aliphatic carbocycles. The number of ketones is 1. The lowest BCUT2D eigenvalue weighted by molar-refractivity contribution is -0.156. The average molecular weight is 951 g/mol. The Labute approximate surface area is 388 Å². The molecule has 65 heavy (non-hydrogen) atoms. The van der Waals surface area contributed by atoms with E-state index in [-0.39, 0.29) is 43.7 Å². The molecule has 348 valence electrons. The summed E-state index contributed by atoms with van der Waals surface area (Å²) in [7, 11) is -3.12. The number of amides is 2. The SMILES string of the molecule is C=C[C@@H]1C[C@]1(CC(=O)[C@@H]1C[C@@H](Oc2cc(-c3csc(NC(C)C)n3)nc3cc(OC)ccc23)CN1C(=O)[C@@H](CC(=O)OC1CCCC1)C(C)(C)C)C(=O)NS(=O)(=O)Oc1ccc(Cl)cc1. The third kappa shape index (κ3) is 11.2. The highest BCUT2D eigenvalue weighted by atomic mass is 35.5. The third-order valence-electron chi connectivity index (χ3n) is 12.3. The van der Waals surface area contributed by atoms with Crippen LogP contribution in [-0.4, -0.2) is 84.8 Å². The van der Waals surface area contributed by atoms with Crippen molar-refractivity contribution >= 4 is 72.8 Å². The van der Waals surface area contributed by atoms with Crippen molar-refractivity contribution in [3.63, 3.8) is 0 Å². The van der Waals surface area contributed by atoms with Crippen LogP contribution in [0.3, 0.4) is 0 Å². The molecule has 7 rings (SSSR count). The number of fused-ring (bicyclic) bond motifs is 1. The zero-order valence-corrected chi connectivity index (χ0v) is 39.8. The molecule has 2 aromatic carbocycles. The van der Waals surface area contributed by atoms with Gasteiger partial charge in [0.2, 0.25) is 11.8 Å². The second-order valence-corrected chi connectivity index (χ2v) is 21.1. The number of allylic oxidation sites excluding steroid dienone is 1. The minimum atomic E-state index is -4.68. The maximum absolute atomic E-state index is 15.0. The predicted octanol–water partition coefficient (Wildman–Crippen LogP) is 8.32. The van der Waals surface area contributed by atoms with Crippen molar-refractivity contribution in [3.8, 4) is 28.6 Å². The third-order valence-corrected chi connectivity index (χ3v) is 14.2. The molecule has 0 radical (unpaired) electrons. The van der Waals surface area contributed by atoms with E-state index >= 15 is 0 Å². The summed E-state index contributed by atoms with van der Waals surface area (Å²) in [6.45, 7) is 13.5. The van der Waals surface area contributed by atoms with Crippen LogP contribution >= 0.6 is 22.9 Å². The quantitative estimate of drug-likeness (QED) is 0.0716. The normalized spacial score (nSPS) is 21.5. The van der Waals surface area contributed by atoms with Gasteiger partial charge >= 0.3 is 16.3 Å². The number of methoxy groups -OCH3 is 1. The van der Waals surface area contributed by atoms with E-state index in [4.69, 9.17) is 40.0 Å². The van der Waals surface area contributed by atoms with Gasteiger partial charge in [0.05, 0.1) is 48.7 Å². The number of pyridine rings is 1. The first kappa shape index (κ1) is 47.7. The Morgan fingerprint density at radius 1 is 1.02 bits per heavy atom. The molecule has 18 heteroatoms. The molecule has 2 amide bonds. The number of carbonyl (C=O) groups excluding carboxylic acids is 4. The van der Waals surface area contributed by atoms with Crippen LogP contribution in [0.1, 0.15) is 86.0 Å². The minimum absolute atomic E-state index is 0.0264. The van der Waals surface area contributed by atoms with Gasteiger partial charge in [-0.05, 0) is 93.7 Å². The number of hydrogen-bond acceptors (Lipinski definition) is 14. The standard InChI is InChI=1S/C47H56ClN5O10S2/c1-8-28-23-47(28,44(57)52-65(58,59)63-31-15-13-29(48)14-16-31)24-40(54)39-20-33(25-53(39)43(56)35(46(4,5)6)21-42(55)62-30-11-9-10-12-30)61-41-22-37(38-26-64-45(51-38)49-27(2)3)50-36-19-32(60-7)17-18-34(36)41/h8,13-19,22,26-28,30,33,35,39H,1,9-12,20-21,23-25H2,2-7H3,(H,49,51)(H,52,57)/t28-,33-,35-,39+,47-/m1/s1. The van der Waals surface area contributed by atoms with Crippen LogP contribution < -0.4 is 23.7 Å². The van der Waals surface area contributed by atoms with E-state index in [1.165, 1.54) is 46.6 Å². The number of esters is 1. The molecule has 2 saturated carbocycles. The number of Topliss-reactive ketones (excluding diaryl/α,β-unsaturated/α-hetero) is 1. The van der Waals surface area contributed by atoms with Crippen LogP contribution in [0.15, 0.2) is 66.6 Å². The van der Waals surface area contributed by atoms with Gasteiger partial charge in [0.25, 0.3) is 0 Å². The number of rotatable bonds is 18. The van der Waals surface area contributed by atoms with Crippen LogP contribution in [0.5, 0.6) is 17.2 Å². The van der Waals surface area contributed by atoms with Crippen molar-refractivity contribution in [1.29, 1.82) is 0 Å². The van der Waals surface area contributed by atoms with Crippen LogP contribution in [0, 0.1) is 22.7 Å². The Hall–Kier alpha value is -5.26. The van der Waals surface area contributed by atoms with Crippen molar-refractivity contribution in [2.45, 2.75) is 110 Å². The molecule has 0 unspecified atom stereocenters. The van der Waals surface area contributed by atoms with Gasteiger partial charge in [-0.15, -0.1) is 17.9 Å². The van der Waals surface area contributed by atoms with Gasteiger partial charge < -0.3 is 28.6 Å². The number of ether oxygens (including phenoxy) is 3. The zero-order chi connectivity index (χ0) is 46.8. The summed E-state index contributed by atoms with van der Waals surface area (Å²) in [5, 5.41) is 6.96. The molecule has 4 aromatic rings. The smallest absolute Gasteiger partial charge is 0.409 e. The van der Waals surface area contributed by atoms with E-state index in [2.05, 4.69) is 11.9 Å². The summed E-state index contributed by atoms with van der Waals surface area (Å²) in [5.74, 6) is -2.79. The van der Waals surface area contributed by atoms with Crippen LogP contribution in [0.4, 0.5) is 5.13 Å². The van der Waals surface area contributed by atoms with Crippen LogP contribution in [0.2, 0.25) is 5.02 Å². The monoisotopic (exact) mass is 949 g/mol. The number of carbonyl (C=O) groups is 4. The van der Waals surface area contributed by atoms with Gasteiger partial charge in [-0.2, -0.15) is 8.42 Å². The number of nitrogens with one attached hydrogen (secondary N) is 2. The molecule has 0 bridgehead atoms. The molecular weight excluding hydrogens is 894 g/mol. The maximum Gasteiger partial charge on any atom is 0.409 e. The van der Waals surface area contributed by atoms with Crippen molar-refractivity contribution in [1.82, 2.24) is 19.6 Å². The van der Waals surface area contributed by atoms with Gasteiger partial charge in [-0.25, -0.2) is 14.7 Å². The van der Waals surface area contributed by atoms with Gasteiger partial charge in [0, 0.05) is 46.8 Å². The van der Waals surface area contributed by atoms with Gasteiger partial charge in [-0.1, -0.05) is 38.4 Å². The first-order chi connectivity index (χ1) is 30.8. The van der Waals surface area contributed by atoms with E-state index in [1.807, 2.05) is 50.8 Å². The largest absolute Gasteiger partial charge is 0.497 e. The van der Waals surface area contributed by atoms with Gasteiger partial charge in [0.15, 0.2) is 10.9 Å². The van der Waals surface area contributed by atoms with E-state index < -0.39 is 75.1 Å². The van der Waals surface area contributed by atoms with Crippen molar-refractivity contribution < 1.29 is 46.0 Å². The first-order valence-electron chi connectivity index (χ1n) is 21.8. The molecule has 1 saturated heterocycles. The highest BCUT2D eigenvalue weighted by molar-refractivity contribution is 7.85. The van der Waals surface area contributed by atoms with Crippen LogP contribution in [-0.2, 0) is 34.2 Å². The molecule has 3 fully saturated rings. The van der Waals surface area contributed by atoms with Crippen LogP contribution in [0.25, 0.3) is 22.3 Å². The summed E-state index contributed by atoms with van der Waals surface area (Å²) >= 11 is 7.38. The number of likely N-dealkylation sites (tertiary alicyclic amines) is 1. The summed E-state index contributed by atoms with van der Waals surface area (Å²) in [4.78, 5) is 68.3. The lowest BCUT2D eigenvalue weighted by Gasteiger charge is -2.35. The summed E-state index contributed by atoms with van der Waals surface area (Å²) < 4.78 is 51.4. The second-order valence-electron chi connectivity index (χ2n) is 18.5. The fourth-order valence-electron chi connectivity index (χ4n) is 8.69. The Balaban J connectivity index is 1.20. The second kappa shape index (κ2) is 19.3. The molecule has 3 aliphatic rings. The molecule has 0 spiro atoms. The fraction of sp³-hybridized carbons (Fsp3) is 0.489. The van der Waals surface area contributed by atoms with Gasteiger partial charge in [-0.3, -0.25) is 19.2 Å². The number of halogens is 1. The molecule has 15 nitrogen and oxygen atoms in total. The number of hydrogen-bond donors (Lipinski definition) is 2. The predicted molar refractivity (Wildman–Crippen MR) is 248 cm³/mol. The number of aromatic nitrogens is 2. The van der Waals surface area contributed by atoms with E-state index in [0.717, 1.165) is 30.8 Å². The highest BCUT2D eigenvalue weighted by Crippen LogP contribution is 2.57. The Bertz CT molecular complexity index is 2560. The average Bonchev–Trinajstić information content (AvgIpc) is 3.65. The fourth-order valence-corrected chi connectivity index (χ4v) is 10.5. The lowest BCUT2D eigenvalue weighted by Crippen LogP contribution is -2.48. The Kier molecular flexibility index (Phi) is 14.2. The molecule has 2 aromatic heterocycles. The lowest BCUT2D eigenvalue weighted by atomic mass is 9.77.